The molecular weight excluding hydrogens is 520 g/mol. The number of carbonyl (C=O) groups excluding carboxylic acids is 3. The van der Waals surface area contributed by atoms with Gasteiger partial charge in [0.25, 0.3) is 0 Å². The van der Waals surface area contributed by atoms with E-state index in [1.165, 1.54) is 0 Å². The molecule has 8 nitrogen and oxygen atoms in total. The van der Waals surface area contributed by atoms with Crippen molar-refractivity contribution in [3.63, 3.8) is 0 Å². The lowest BCUT2D eigenvalue weighted by Gasteiger charge is -2.20. The van der Waals surface area contributed by atoms with Crippen LogP contribution in [-0.2, 0) is 22.6 Å². The Labute approximate surface area is 231 Å². The van der Waals surface area contributed by atoms with E-state index in [4.69, 9.17) is 25.8 Å². The number of ether oxygens (including phenoxy) is 3. The number of urea groups is 1. The highest BCUT2D eigenvalue weighted by molar-refractivity contribution is 6.32. The molecule has 0 unspecified atom stereocenters. The highest BCUT2D eigenvalue weighted by Crippen LogP contribution is 2.41. The number of carbonyl (C=O) groups is 3. The van der Waals surface area contributed by atoms with Crippen LogP contribution in [0, 0.1) is 6.92 Å². The Morgan fingerprint density at radius 1 is 1.05 bits per heavy atom. The number of cyclic esters (lactones) is 1. The molecule has 39 heavy (non-hydrogen) atoms. The molecule has 1 aliphatic rings. The summed E-state index contributed by atoms with van der Waals surface area (Å²) in [5.74, 6) is -0.0238. The van der Waals surface area contributed by atoms with Crippen LogP contribution in [0.2, 0.25) is 5.02 Å². The average molecular weight is 549 g/mol. The van der Waals surface area contributed by atoms with Crippen LogP contribution in [0.15, 0.2) is 66.2 Å². The molecule has 0 saturated heterocycles. The monoisotopic (exact) mass is 548 g/mol. The fourth-order valence-corrected chi connectivity index (χ4v) is 4.54. The number of hydrogen-bond donors (Lipinski definition) is 2. The molecule has 4 rings (SSSR count). The minimum absolute atomic E-state index is 0.105. The second-order valence-electron chi connectivity index (χ2n) is 9.05. The standard InChI is InChI=1S/C30H29ClN2O6/c1-18(14-16-25(34)39-24-12-8-7-11-23(24)31)13-15-21-27(33-30(36)32-20-9-5-4-6-10-20)26-22(17-38-29(26)35)19(2)28(21)37-3/h4-13H,14-17H2,1-3H3,(H2,32,33,36)/b18-13+. The number of esters is 2. The SMILES string of the molecule is COc1c(C)c2c(c(NC(=O)Nc3ccccc3)c1C/C=C(\C)CCC(=O)Oc1ccccc1Cl)C(=O)OC2. The van der Waals surface area contributed by atoms with Crippen LogP contribution >= 0.6 is 11.6 Å². The summed E-state index contributed by atoms with van der Waals surface area (Å²) >= 11 is 6.07. The first-order valence-electron chi connectivity index (χ1n) is 12.4. The molecule has 0 aromatic heterocycles. The summed E-state index contributed by atoms with van der Waals surface area (Å²) in [4.78, 5) is 38.0. The highest BCUT2D eigenvalue weighted by atomic mass is 35.5. The maximum Gasteiger partial charge on any atom is 0.341 e. The second-order valence-corrected chi connectivity index (χ2v) is 9.45. The number of methoxy groups -OCH3 is 1. The van der Waals surface area contributed by atoms with E-state index in [1.807, 2.05) is 38.1 Å². The third kappa shape index (κ3) is 6.59. The summed E-state index contributed by atoms with van der Waals surface area (Å²) in [6.07, 6.45) is 2.89. The first-order chi connectivity index (χ1) is 18.8. The lowest BCUT2D eigenvalue weighted by Crippen LogP contribution is -2.22. The van der Waals surface area contributed by atoms with Gasteiger partial charge in [-0.05, 0) is 56.5 Å². The highest BCUT2D eigenvalue weighted by Gasteiger charge is 2.32. The minimum Gasteiger partial charge on any atom is -0.496 e. The number of anilines is 2. The molecule has 2 N–H and O–H groups in total. The zero-order valence-corrected chi connectivity index (χ0v) is 22.7. The van der Waals surface area contributed by atoms with Crippen molar-refractivity contribution in [2.24, 2.45) is 0 Å². The van der Waals surface area contributed by atoms with Crippen molar-refractivity contribution in [3.8, 4) is 11.5 Å². The molecule has 9 heteroatoms. The van der Waals surface area contributed by atoms with E-state index >= 15 is 0 Å². The minimum atomic E-state index is -0.505. The summed E-state index contributed by atoms with van der Waals surface area (Å²) in [5.41, 5.74) is 4.28. The maximum atomic E-state index is 12.9. The molecule has 0 bridgehead atoms. The topological polar surface area (TPSA) is 103 Å². The van der Waals surface area contributed by atoms with Gasteiger partial charge in [0.2, 0.25) is 0 Å². The molecule has 0 spiro atoms. The molecule has 3 aromatic rings. The Hall–Kier alpha value is -4.30. The van der Waals surface area contributed by atoms with Gasteiger partial charge in [-0.1, -0.05) is 53.6 Å². The normalized spacial score (nSPS) is 12.4. The van der Waals surface area contributed by atoms with Crippen molar-refractivity contribution >= 4 is 40.9 Å². The summed E-state index contributed by atoms with van der Waals surface area (Å²) in [6, 6.07) is 15.3. The largest absolute Gasteiger partial charge is 0.496 e. The molecule has 1 heterocycles. The number of para-hydroxylation sites is 2. The van der Waals surface area contributed by atoms with Crippen molar-refractivity contribution in [2.75, 3.05) is 17.7 Å². The van der Waals surface area contributed by atoms with E-state index < -0.39 is 18.0 Å². The van der Waals surface area contributed by atoms with Crippen molar-refractivity contribution in [1.82, 2.24) is 0 Å². The summed E-state index contributed by atoms with van der Waals surface area (Å²) in [7, 11) is 1.55. The quantitative estimate of drug-likeness (QED) is 0.172. The Kier molecular flexibility index (Phi) is 8.88. The number of benzene rings is 3. The van der Waals surface area contributed by atoms with Gasteiger partial charge < -0.3 is 24.8 Å². The predicted molar refractivity (Wildman–Crippen MR) is 150 cm³/mol. The molecule has 0 saturated carbocycles. The first kappa shape index (κ1) is 27.7. The van der Waals surface area contributed by atoms with Gasteiger partial charge in [0, 0.05) is 23.2 Å². The van der Waals surface area contributed by atoms with E-state index in [-0.39, 0.29) is 13.0 Å². The Morgan fingerprint density at radius 3 is 2.49 bits per heavy atom. The summed E-state index contributed by atoms with van der Waals surface area (Å²) < 4.78 is 16.4. The number of halogens is 1. The van der Waals surface area contributed by atoms with Gasteiger partial charge in [-0.2, -0.15) is 0 Å². The molecule has 0 radical (unpaired) electrons. The van der Waals surface area contributed by atoms with Crippen molar-refractivity contribution in [2.45, 2.75) is 39.7 Å². The predicted octanol–water partition coefficient (Wildman–Crippen LogP) is 6.85. The van der Waals surface area contributed by atoms with E-state index in [0.29, 0.717) is 57.4 Å². The maximum absolute atomic E-state index is 12.9. The Balaban J connectivity index is 1.55. The van der Waals surface area contributed by atoms with Gasteiger partial charge in [0.05, 0.1) is 23.4 Å². The van der Waals surface area contributed by atoms with Crippen molar-refractivity contribution in [1.29, 1.82) is 0 Å². The van der Waals surface area contributed by atoms with Gasteiger partial charge >= 0.3 is 18.0 Å². The summed E-state index contributed by atoms with van der Waals surface area (Å²) in [5, 5.41) is 6.00. The lowest BCUT2D eigenvalue weighted by atomic mass is 9.93. The average Bonchev–Trinajstić information content (AvgIpc) is 3.31. The van der Waals surface area contributed by atoms with E-state index in [9.17, 15) is 14.4 Å². The van der Waals surface area contributed by atoms with Crippen LogP contribution < -0.4 is 20.1 Å². The van der Waals surface area contributed by atoms with Gasteiger partial charge in [0.15, 0.2) is 0 Å². The fraction of sp³-hybridized carbons (Fsp3) is 0.233. The molecule has 2 amide bonds. The zero-order chi connectivity index (χ0) is 27.9. The number of hydrogen-bond acceptors (Lipinski definition) is 6. The zero-order valence-electron chi connectivity index (χ0n) is 21.9. The number of nitrogens with one attached hydrogen (secondary N) is 2. The molecular formula is C30H29ClN2O6. The summed E-state index contributed by atoms with van der Waals surface area (Å²) in [6.45, 7) is 3.87. The smallest absolute Gasteiger partial charge is 0.341 e. The number of allylic oxidation sites excluding steroid dienone is 2. The first-order valence-corrected chi connectivity index (χ1v) is 12.8. The van der Waals surface area contributed by atoms with Crippen LogP contribution in [0.25, 0.3) is 0 Å². The third-order valence-corrected chi connectivity index (χ3v) is 6.70. The molecule has 0 atom stereocenters. The second kappa shape index (κ2) is 12.5. The van der Waals surface area contributed by atoms with E-state index in [0.717, 1.165) is 11.1 Å². The van der Waals surface area contributed by atoms with Crippen LogP contribution in [0.5, 0.6) is 11.5 Å². The van der Waals surface area contributed by atoms with Gasteiger partial charge in [-0.15, -0.1) is 0 Å². The van der Waals surface area contributed by atoms with E-state index in [2.05, 4.69) is 10.6 Å². The van der Waals surface area contributed by atoms with Crippen molar-refractivity contribution in [3.05, 3.63) is 93.5 Å². The molecule has 3 aromatic carbocycles. The molecule has 0 fully saturated rings. The van der Waals surface area contributed by atoms with Crippen LogP contribution in [-0.4, -0.2) is 25.1 Å². The van der Waals surface area contributed by atoms with Crippen LogP contribution in [0.1, 0.15) is 46.8 Å². The van der Waals surface area contributed by atoms with Crippen LogP contribution in [0.4, 0.5) is 16.2 Å². The van der Waals surface area contributed by atoms with E-state index in [1.54, 1.807) is 43.5 Å². The lowest BCUT2D eigenvalue weighted by molar-refractivity contribution is -0.134. The van der Waals surface area contributed by atoms with Gasteiger partial charge in [-0.3, -0.25) is 4.79 Å². The van der Waals surface area contributed by atoms with Crippen molar-refractivity contribution < 1.29 is 28.6 Å². The van der Waals surface area contributed by atoms with Crippen LogP contribution in [0.3, 0.4) is 0 Å². The Bertz CT molecular complexity index is 1440. The molecule has 1 aliphatic heterocycles. The van der Waals surface area contributed by atoms with Gasteiger partial charge in [0.1, 0.15) is 18.1 Å². The molecule has 0 aliphatic carbocycles. The number of fused-ring (bicyclic) bond motifs is 1. The van der Waals surface area contributed by atoms with Gasteiger partial charge in [-0.25, -0.2) is 9.59 Å². The third-order valence-electron chi connectivity index (χ3n) is 6.39. The number of rotatable bonds is 9. The fourth-order valence-electron chi connectivity index (χ4n) is 4.37. The Morgan fingerprint density at radius 2 is 1.77 bits per heavy atom. The molecule has 202 valence electrons. The number of amides is 2.